The lowest BCUT2D eigenvalue weighted by Gasteiger charge is -2.11. The van der Waals surface area contributed by atoms with Gasteiger partial charge in [-0.05, 0) is 30.3 Å². The molecular formula is C18H14ClNO4S. The number of phenolic OH excluding ortho intramolecular Hbond substituents is 1. The third kappa shape index (κ3) is 3.45. The van der Waals surface area contributed by atoms with E-state index in [0.29, 0.717) is 21.5 Å². The smallest absolute Gasteiger partial charge is 0.259 e. The molecule has 0 fully saturated rings. The molecule has 0 aliphatic carbocycles. The van der Waals surface area contributed by atoms with Gasteiger partial charge < -0.3 is 10.4 Å². The van der Waals surface area contributed by atoms with Crippen molar-refractivity contribution in [1.82, 2.24) is 0 Å². The van der Waals surface area contributed by atoms with Gasteiger partial charge in [-0.2, -0.15) is 0 Å². The molecule has 0 aliphatic rings. The molecule has 0 spiro atoms. The molecule has 1 amide bonds. The average Bonchev–Trinajstić information content (AvgIpc) is 2.58. The fourth-order valence-electron chi connectivity index (χ4n) is 2.47. The van der Waals surface area contributed by atoms with Crippen molar-refractivity contribution < 1.29 is 18.3 Å². The number of fused-ring (bicyclic) bond motifs is 1. The van der Waals surface area contributed by atoms with Crippen LogP contribution in [0.15, 0.2) is 59.5 Å². The Labute approximate surface area is 149 Å². The summed E-state index contributed by atoms with van der Waals surface area (Å²) in [5, 5.41) is 14.5. The molecule has 0 aliphatic heterocycles. The number of nitrogens with one attached hydrogen (secondary N) is 1. The Hall–Kier alpha value is -2.57. The van der Waals surface area contributed by atoms with Crippen LogP contribution in [0.5, 0.6) is 5.75 Å². The number of aromatic hydroxyl groups is 1. The Kier molecular flexibility index (Phi) is 4.41. The average molecular weight is 376 g/mol. The van der Waals surface area contributed by atoms with Gasteiger partial charge in [-0.15, -0.1) is 0 Å². The van der Waals surface area contributed by atoms with Gasteiger partial charge in [-0.25, -0.2) is 8.42 Å². The monoisotopic (exact) mass is 375 g/mol. The van der Waals surface area contributed by atoms with E-state index in [1.54, 1.807) is 24.3 Å². The molecule has 0 bridgehead atoms. The fourth-order valence-corrected chi connectivity index (χ4v) is 3.38. The summed E-state index contributed by atoms with van der Waals surface area (Å²) in [4.78, 5) is 12.6. The first-order valence-electron chi connectivity index (χ1n) is 7.29. The summed E-state index contributed by atoms with van der Waals surface area (Å²) in [5.41, 5.74) is 0.442. The Bertz CT molecular complexity index is 1080. The van der Waals surface area contributed by atoms with Crippen LogP contribution in [-0.2, 0) is 9.84 Å². The number of rotatable bonds is 3. The quantitative estimate of drug-likeness (QED) is 0.728. The lowest BCUT2D eigenvalue weighted by Crippen LogP contribution is -2.12. The summed E-state index contributed by atoms with van der Waals surface area (Å²) in [5.74, 6) is -0.706. The molecule has 0 unspecified atom stereocenters. The maximum absolute atomic E-state index is 12.5. The van der Waals surface area contributed by atoms with Crippen molar-refractivity contribution in [1.29, 1.82) is 0 Å². The van der Waals surface area contributed by atoms with Crippen molar-refractivity contribution in [3.63, 3.8) is 0 Å². The largest absolute Gasteiger partial charge is 0.506 e. The first kappa shape index (κ1) is 17.3. The van der Waals surface area contributed by atoms with Gasteiger partial charge >= 0.3 is 0 Å². The normalized spacial score (nSPS) is 11.4. The van der Waals surface area contributed by atoms with Crippen molar-refractivity contribution in [2.75, 3.05) is 11.6 Å². The lowest BCUT2D eigenvalue weighted by atomic mass is 10.0. The topological polar surface area (TPSA) is 83.5 Å². The molecule has 0 saturated heterocycles. The van der Waals surface area contributed by atoms with Crippen molar-refractivity contribution in [3.8, 4) is 5.75 Å². The minimum atomic E-state index is -3.31. The van der Waals surface area contributed by atoms with Crippen LogP contribution in [0.3, 0.4) is 0 Å². The summed E-state index contributed by atoms with van der Waals surface area (Å²) in [6.45, 7) is 0. The van der Waals surface area contributed by atoms with E-state index in [0.717, 1.165) is 6.26 Å². The Morgan fingerprint density at radius 1 is 1.04 bits per heavy atom. The predicted octanol–water partition coefficient (Wildman–Crippen LogP) is 3.85. The molecule has 5 nitrogen and oxygen atoms in total. The van der Waals surface area contributed by atoms with Crippen molar-refractivity contribution in [3.05, 3.63) is 65.2 Å². The summed E-state index contributed by atoms with van der Waals surface area (Å²) >= 11 is 6.19. The summed E-state index contributed by atoms with van der Waals surface area (Å²) in [7, 11) is -3.31. The highest BCUT2D eigenvalue weighted by molar-refractivity contribution is 7.90. The maximum atomic E-state index is 12.5. The number of hydrogen-bond acceptors (Lipinski definition) is 4. The number of amides is 1. The highest BCUT2D eigenvalue weighted by Gasteiger charge is 2.17. The second-order valence-corrected chi connectivity index (χ2v) is 7.97. The molecule has 0 saturated carbocycles. The van der Waals surface area contributed by atoms with E-state index in [-0.39, 0.29) is 16.2 Å². The number of sulfone groups is 1. The molecule has 25 heavy (non-hydrogen) atoms. The van der Waals surface area contributed by atoms with Gasteiger partial charge in [-0.3, -0.25) is 4.79 Å². The number of benzene rings is 3. The molecule has 0 radical (unpaired) electrons. The SMILES string of the molecule is CS(=O)(=O)c1ccc(NC(=O)c2cc(Cl)c3ccccc3c2O)cc1. The second kappa shape index (κ2) is 6.38. The van der Waals surface area contributed by atoms with Gasteiger partial charge in [0.25, 0.3) is 5.91 Å². The fraction of sp³-hybridized carbons (Fsp3) is 0.0556. The first-order chi connectivity index (χ1) is 11.8. The van der Waals surface area contributed by atoms with Crippen molar-refractivity contribution >= 4 is 43.8 Å². The number of phenols is 1. The molecule has 0 atom stereocenters. The predicted molar refractivity (Wildman–Crippen MR) is 98.1 cm³/mol. The maximum Gasteiger partial charge on any atom is 0.259 e. The number of anilines is 1. The van der Waals surface area contributed by atoms with Gasteiger partial charge in [0.05, 0.1) is 10.5 Å². The summed E-state index contributed by atoms with van der Waals surface area (Å²) < 4.78 is 22.9. The minimum absolute atomic E-state index is 0.0379. The van der Waals surface area contributed by atoms with Gasteiger partial charge in [0.1, 0.15) is 5.75 Å². The Morgan fingerprint density at radius 3 is 2.24 bits per heavy atom. The first-order valence-corrected chi connectivity index (χ1v) is 9.56. The van der Waals surface area contributed by atoms with Gasteiger partial charge in [0.15, 0.2) is 9.84 Å². The van der Waals surface area contributed by atoms with E-state index in [1.807, 2.05) is 0 Å². The molecule has 3 rings (SSSR count). The van der Waals surface area contributed by atoms with Crippen LogP contribution in [0.4, 0.5) is 5.69 Å². The van der Waals surface area contributed by atoms with Crippen LogP contribution in [0.1, 0.15) is 10.4 Å². The molecule has 0 aromatic heterocycles. The van der Waals surface area contributed by atoms with Gasteiger partial charge in [-0.1, -0.05) is 35.9 Å². The molecule has 3 aromatic rings. The number of hydrogen-bond donors (Lipinski definition) is 2. The number of halogens is 1. The zero-order valence-corrected chi connectivity index (χ0v) is 14.7. The van der Waals surface area contributed by atoms with Crippen LogP contribution in [0.25, 0.3) is 10.8 Å². The summed E-state index contributed by atoms with van der Waals surface area (Å²) in [6, 6.07) is 14.1. The molecule has 3 aromatic carbocycles. The van der Waals surface area contributed by atoms with E-state index in [4.69, 9.17) is 11.6 Å². The molecule has 128 valence electrons. The van der Waals surface area contributed by atoms with Crippen LogP contribution >= 0.6 is 11.6 Å². The van der Waals surface area contributed by atoms with Gasteiger partial charge in [0.2, 0.25) is 0 Å². The minimum Gasteiger partial charge on any atom is -0.506 e. The zero-order valence-electron chi connectivity index (χ0n) is 13.2. The Morgan fingerprint density at radius 2 is 1.64 bits per heavy atom. The van der Waals surface area contributed by atoms with Crippen LogP contribution < -0.4 is 5.32 Å². The molecular weight excluding hydrogens is 362 g/mol. The van der Waals surface area contributed by atoms with Crippen LogP contribution in [-0.4, -0.2) is 25.7 Å². The third-order valence-corrected chi connectivity index (χ3v) is 5.19. The highest BCUT2D eigenvalue weighted by Crippen LogP contribution is 2.34. The van der Waals surface area contributed by atoms with Crippen molar-refractivity contribution in [2.45, 2.75) is 4.90 Å². The number of carbonyl (C=O) groups is 1. The lowest BCUT2D eigenvalue weighted by molar-refractivity contribution is 0.102. The number of carbonyl (C=O) groups excluding carboxylic acids is 1. The molecule has 0 heterocycles. The van der Waals surface area contributed by atoms with Gasteiger partial charge in [0, 0.05) is 27.7 Å². The van der Waals surface area contributed by atoms with Crippen molar-refractivity contribution in [2.24, 2.45) is 0 Å². The molecule has 7 heteroatoms. The Balaban J connectivity index is 1.94. The molecule has 2 N–H and O–H groups in total. The van der Waals surface area contributed by atoms with Crippen LogP contribution in [0.2, 0.25) is 5.02 Å². The standard InChI is InChI=1S/C18H14ClNO4S/c1-25(23,24)12-8-6-11(7-9-12)20-18(22)15-10-16(19)13-4-2-3-5-14(13)17(15)21/h2-10,21H,1H3,(H,20,22). The zero-order chi connectivity index (χ0) is 18.2. The summed E-state index contributed by atoms with van der Waals surface area (Å²) in [6.07, 6.45) is 1.11. The highest BCUT2D eigenvalue weighted by atomic mass is 35.5. The van der Waals surface area contributed by atoms with E-state index in [2.05, 4.69) is 5.32 Å². The van der Waals surface area contributed by atoms with E-state index in [9.17, 15) is 18.3 Å². The second-order valence-electron chi connectivity index (χ2n) is 5.55. The van der Waals surface area contributed by atoms with Crippen LogP contribution in [0, 0.1) is 0 Å². The van der Waals surface area contributed by atoms with E-state index >= 15 is 0 Å². The van der Waals surface area contributed by atoms with E-state index in [1.165, 1.54) is 30.3 Å². The van der Waals surface area contributed by atoms with E-state index < -0.39 is 15.7 Å². The third-order valence-electron chi connectivity index (χ3n) is 3.75.